The molecule has 16 nitrogen and oxygen atoms in total. The molecule has 16 heteroatoms. The molecule has 0 radical (unpaired) electrons. The molecule has 210 valence electrons. The van der Waals surface area contributed by atoms with Crippen LogP contribution in [0.5, 0.6) is 5.75 Å². The average Bonchev–Trinajstić information content (AvgIpc) is 2.84. The number of aliphatic hydroxyl groups excluding tert-OH is 1. The van der Waals surface area contributed by atoms with E-state index in [9.17, 15) is 39.3 Å². The Labute approximate surface area is 217 Å². The fraction of sp³-hybridized carbons (Fsp3) is 0.455. The van der Waals surface area contributed by atoms with E-state index < -0.39 is 66.8 Å². The van der Waals surface area contributed by atoms with Crippen molar-refractivity contribution < 1.29 is 39.3 Å². The number of phenols is 1. The van der Waals surface area contributed by atoms with Gasteiger partial charge in [0, 0.05) is 13.0 Å². The van der Waals surface area contributed by atoms with E-state index >= 15 is 0 Å². The van der Waals surface area contributed by atoms with E-state index in [1.807, 2.05) is 0 Å². The van der Waals surface area contributed by atoms with Gasteiger partial charge in [-0.1, -0.05) is 12.1 Å². The molecule has 0 aliphatic carbocycles. The monoisotopic (exact) mass is 538 g/mol. The summed E-state index contributed by atoms with van der Waals surface area (Å²) in [6.45, 7) is -0.650. The van der Waals surface area contributed by atoms with Crippen molar-refractivity contribution in [1.82, 2.24) is 16.0 Å². The molecule has 0 spiro atoms. The first-order valence-corrected chi connectivity index (χ1v) is 11.5. The topological polar surface area (TPSA) is 299 Å². The number of nitrogens with one attached hydrogen (secondary N) is 3. The molecule has 0 bridgehead atoms. The predicted octanol–water partition coefficient (Wildman–Crippen LogP) is -4.28. The van der Waals surface area contributed by atoms with E-state index in [2.05, 4.69) is 20.9 Å². The van der Waals surface area contributed by atoms with Crippen LogP contribution in [0.15, 0.2) is 29.3 Å². The maximum Gasteiger partial charge on any atom is 0.326 e. The summed E-state index contributed by atoms with van der Waals surface area (Å²) in [5.74, 6) is -5.40. The largest absolute Gasteiger partial charge is 0.508 e. The highest BCUT2D eigenvalue weighted by Gasteiger charge is 2.31. The lowest BCUT2D eigenvalue weighted by molar-refractivity contribution is -0.142. The summed E-state index contributed by atoms with van der Waals surface area (Å²) in [4.78, 5) is 64.7. The van der Waals surface area contributed by atoms with Crippen molar-refractivity contribution in [3.63, 3.8) is 0 Å². The van der Waals surface area contributed by atoms with Gasteiger partial charge in [-0.15, -0.1) is 0 Å². The first-order chi connectivity index (χ1) is 17.8. The van der Waals surface area contributed by atoms with Gasteiger partial charge in [-0.05, 0) is 30.5 Å². The van der Waals surface area contributed by atoms with Gasteiger partial charge < -0.3 is 54.2 Å². The van der Waals surface area contributed by atoms with Crippen LogP contribution in [0, 0.1) is 0 Å². The molecule has 0 fully saturated rings. The number of carbonyl (C=O) groups excluding carboxylic acids is 4. The lowest BCUT2D eigenvalue weighted by atomic mass is 10.0. The van der Waals surface area contributed by atoms with Crippen molar-refractivity contribution in [2.24, 2.45) is 27.9 Å². The zero-order valence-electron chi connectivity index (χ0n) is 20.5. The Morgan fingerprint density at radius 2 is 1.42 bits per heavy atom. The van der Waals surface area contributed by atoms with Crippen LogP contribution in [0.4, 0.5) is 0 Å². The number of nitrogens with zero attached hydrogens (tertiary/aromatic N) is 1. The number of aromatic hydroxyl groups is 1. The number of guanidine groups is 1. The standard InChI is InChI=1S/C22H34N8O8/c23-13(2-1-7-27-22(25)26)18(34)30-16(10-31)20(36)28-14(9-17(24)33)19(35)29-15(21(37)38)8-11-3-5-12(32)6-4-11/h3-6,13-16,31-32H,1-2,7-10,23H2,(H2,24,33)(H,28,36)(H,29,35)(H,30,34)(H,37,38)(H4,25,26,27). The maximum absolute atomic E-state index is 12.8. The number of carbonyl (C=O) groups is 5. The zero-order chi connectivity index (χ0) is 28.8. The number of rotatable bonds is 16. The normalized spacial score (nSPS) is 13.7. The van der Waals surface area contributed by atoms with Gasteiger partial charge in [-0.2, -0.15) is 0 Å². The van der Waals surface area contributed by atoms with Gasteiger partial charge in [0.1, 0.15) is 23.9 Å². The molecule has 0 saturated heterocycles. The molecule has 0 aliphatic heterocycles. The number of hydrogen-bond donors (Lipinski definition) is 10. The molecule has 4 atom stereocenters. The molecule has 4 unspecified atom stereocenters. The summed E-state index contributed by atoms with van der Waals surface area (Å²) in [6.07, 6.45) is -0.348. The first-order valence-electron chi connectivity index (χ1n) is 11.5. The van der Waals surface area contributed by atoms with Crippen molar-refractivity contribution in [3.05, 3.63) is 29.8 Å². The van der Waals surface area contributed by atoms with Crippen molar-refractivity contribution in [3.8, 4) is 5.75 Å². The van der Waals surface area contributed by atoms with Crippen molar-refractivity contribution >= 4 is 35.6 Å². The van der Waals surface area contributed by atoms with Crippen molar-refractivity contribution in [2.75, 3.05) is 13.2 Å². The highest BCUT2D eigenvalue weighted by atomic mass is 16.4. The highest BCUT2D eigenvalue weighted by molar-refractivity contribution is 5.96. The molecule has 0 saturated carbocycles. The third-order valence-electron chi connectivity index (χ3n) is 5.15. The molecule has 38 heavy (non-hydrogen) atoms. The van der Waals surface area contributed by atoms with E-state index in [1.165, 1.54) is 24.3 Å². The molecule has 0 aliphatic rings. The summed E-state index contributed by atoms with van der Waals surface area (Å²) in [5.41, 5.74) is 21.8. The van der Waals surface area contributed by atoms with Gasteiger partial charge in [0.15, 0.2) is 5.96 Å². The van der Waals surface area contributed by atoms with Gasteiger partial charge in [0.25, 0.3) is 0 Å². The molecular formula is C22H34N8O8. The van der Waals surface area contributed by atoms with Gasteiger partial charge in [-0.3, -0.25) is 24.2 Å². The Morgan fingerprint density at radius 1 is 0.868 bits per heavy atom. The maximum atomic E-state index is 12.8. The van der Waals surface area contributed by atoms with Crippen LogP contribution in [-0.2, 0) is 30.4 Å². The fourth-order valence-electron chi connectivity index (χ4n) is 3.15. The van der Waals surface area contributed by atoms with Crippen LogP contribution >= 0.6 is 0 Å². The number of phenolic OH excluding ortho intramolecular Hbond substituents is 1. The van der Waals surface area contributed by atoms with Crippen LogP contribution < -0.4 is 38.9 Å². The lowest BCUT2D eigenvalue weighted by Gasteiger charge is -2.24. The number of nitrogens with two attached hydrogens (primary N) is 4. The number of benzene rings is 1. The Hall–Kier alpha value is -4.44. The van der Waals surface area contributed by atoms with Gasteiger partial charge >= 0.3 is 5.97 Å². The zero-order valence-corrected chi connectivity index (χ0v) is 20.5. The number of hydrogen-bond acceptors (Lipinski definition) is 9. The number of primary amides is 1. The Bertz CT molecular complexity index is 1010. The average molecular weight is 539 g/mol. The molecule has 4 amide bonds. The minimum atomic E-state index is -1.61. The summed E-state index contributed by atoms with van der Waals surface area (Å²) >= 11 is 0. The smallest absolute Gasteiger partial charge is 0.326 e. The summed E-state index contributed by atoms with van der Waals surface area (Å²) in [5, 5.41) is 35.1. The van der Waals surface area contributed by atoms with E-state index in [4.69, 9.17) is 22.9 Å². The molecule has 0 aromatic heterocycles. The molecule has 0 heterocycles. The van der Waals surface area contributed by atoms with Crippen molar-refractivity contribution in [1.29, 1.82) is 0 Å². The molecule has 1 rings (SSSR count). The molecule has 1 aromatic carbocycles. The summed E-state index contributed by atoms with van der Waals surface area (Å²) < 4.78 is 0. The first kappa shape index (κ1) is 31.6. The predicted molar refractivity (Wildman–Crippen MR) is 134 cm³/mol. The number of aliphatic hydroxyl groups is 1. The minimum Gasteiger partial charge on any atom is -0.508 e. The second-order valence-electron chi connectivity index (χ2n) is 8.30. The number of aliphatic carboxylic acids is 1. The van der Waals surface area contributed by atoms with Gasteiger partial charge in [-0.25, -0.2) is 4.79 Å². The van der Waals surface area contributed by atoms with Crippen LogP contribution in [0.1, 0.15) is 24.8 Å². The summed E-state index contributed by atoms with van der Waals surface area (Å²) in [7, 11) is 0. The third kappa shape index (κ3) is 11.5. The van der Waals surface area contributed by atoms with Crippen LogP contribution in [0.2, 0.25) is 0 Å². The van der Waals surface area contributed by atoms with E-state index in [0.717, 1.165) is 0 Å². The molecule has 14 N–H and O–H groups in total. The van der Waals surface area contributed by atoms with Crippen molar-refractivity contribution in [2.45, 2.75) is 49.9 Å². The molecular weight excluding hydrogens is 504 g/mol. The van der Waals surface area contributed by atoms with Crippen LogP contribution in [0.25, 0.3) is 0 Å². The Morgan fingerprint density at radius 3 is 1.95 bits per heavy atom. The van der Waals surface area contributed by atoms with E-state index in [-0.39, 0.29) is 31.1 Å². The van der Waals surface area contributed by atoms with E-state index in [1.54, 1.807) is 0 Å². The molecule has 1 aromatic rings. The second-order valence-corrected chi connectivity index (χ2v) is 8.30. The van der Waals surface area contributed by atoms with Crippen LogP contribution in [-0.4, -0.2) is 88.2 Å². The quantitative estimate of drug-likeness (QED) is 0.0545. The Balaban J connectivity index is 2.84. The number of aliphatic imine (C=N–C) groups is 1. The fourth-order valence-corrected chi connectivity index (χ4v) is 3.15. The number of carboxylic acids is 1. The summed E-state index contributed by atoms with van der Waals surface area (Å²) in [6, 6.07) is -0.0729. The van der Waals surface area contributed by atoms with Crippen LogP contribution in [0.3, 0.4) is 0 Å². The lowest BCUT2D eigenvalue weighted by Crippen LogP contribution is -2.58. The minimum absolute atomic E-state index is 0.0358. The van der Waals surface area contributed by atoms with Gasteiger partial charge in [0.2, 0.25) is 23.6 Å². The number of carboxylic acid groups (broad SMARTS) is 1. The highest BCUT2D eigenvalue weighted by Crippen LogP contribution is 2.12. The second kappa shape index (κ2) is 15.6. The van der Waals surface area contributed by atoms with E-state index in [0.29, 0.717) is 12.0 Å². The number of amides is 4. The Kier molecular flexibility index (Phi) is 13.0. The third-order valence-corrected chi connectivity index (χ3v) is 5.15. The van der Waals surface area contributed by atoms with Gasteiger partial charge in [0.05, 0.1) is 19.1 Å². The SMILES string of the molecule is NC(=O)CC(NC(=O)C(CO)NC(=O)C(N)CCCN=C(N)N)C(=O)NC(Cc1ccc(O)cc1)C(=O)O.